The van der Waals surface area contributed by atoms with E-state index >= 15 is 0 Å². The third-order valence-corrected chi connectivity index (χ3v) is 0. The van der Waals surface area contributed by atoms with Crippen LogP contribution in [-0.2, 0) is 41.6 Å². The zero-order valence-electron chi connectivity index (χ0n) is 2.36. The first kappa shape index (κ1) is 16.6. The molecule has 0 amide bonds. The Morgan fingerprint density at radius 2 is 1.20 bits per heavy atom. The van der Waals surface area contributed by atoms with Crippen LogP contribution >= 0.6 is 0 Å². The van der Waals surface area contributed by atoms with E-state index in [1.807, 2.05) is 0 Å². The second-order valence-corrected chi connectivity index (χ2v) is 0.0816. The first-order valence-corrected chi connectivity index (χ1v) is 0.365. The van der Waals surface area contributed by atoms with Gasteiger partial charge in [-0.25, -0.2) is 10.5 Å². The molecule has 0 atom stereocenters. The van der Waals surface area contributed by atoms with Crippen molar-refractivity contribution in [3.8, 4) is 0 Å². The third kappa shape index (κ3) is 43.9. The zero-order chi connectivity index (χ0) is 2.71. The van der Waals surface area contributed by atoms with E-state index in [0.29, 0.717) is 0 Å². The second-order valence-electron chi connectivity index (χ2n) is 0.0816. The van der Waals surface area contributed by atoms with Crippen molar-refractivity contribution in [1.29, 1.82) is 0 Å². The molecule has 5 heteroatoms. The van der Waals surface area contributed by atoms with E-state index < -0.39 is 0 Å². The summed E-state index contributed by atoms with van der Waals surface area (Å²) in [6, 6.07) is 0. The summed E-state index contributed by atoms with van der Waals surface area (Å²) in [4.78, 5) is 0. The molecule has 0 saturated heterocycles. The fraction of sp³-hybridized carbons (Fsp3) is 0. The molecule has 30 valence electrons. The largest absolute Gasteiger partial charge is 0.221 e. The van der Waals surface area contributed by atoms with Gasteiger partial charge in [0.1, 0.15) is 0 Å². The molecule has 0 aliphatic carbocycles. The summed E-state index contributed by atoms with van der Waals surface area (Å²) in [6.07, 6.45) is 0. The molecular formula is H2FeO3Zn. The Kier molecular flexibility index (Phi) is 66.1. The fourth-order valence-corrected chi connectivity index (χ4v) is 0. The van der Waals surface area contributed by atoms with Crippen molar-refractivity contribution in [2.45, 2.75) is 0 Å². The van der Waals surface area contributed by atoms with Crippen molar-refractivity contribution < 1.29 is 52.1 Å². The van der Waals surface area contributed by atoms with E-state index in [-0.39, 0.29) is 36.5 Å². The summed E-state index contributed by atoms with van der Waals surface area (Å²) in [5.41, 5.74) is 0. The molecule has 2 N–H and O–H groups in total. The molecule has 0 unspecified atom stereocenters. The molecule has 0 aromatic carbocycles. The van der Waals surface area contributed by atoms with Crippen LogP contribution in [0.2, 0.25) is 0 Å². The van der Waals surface area contributed by atoms with Crippen LogP contribution in [0.15, 0.2) is 0 Å². The minimum atomic E-state index is 0. The fourth-order valence-electron chi connectivity index (χ4n) is 0. The van der Waals surface area contributed by atoms with Crippen molar-refractivity contribution in [3.63, 3.8) is 0 Å². The zero-order valence-corrected chi connectivity index (χ0v) is 6.43. The van der Waals surface area contributed by atoms with E-state index in [1.165, 1.54) is 0 Å². The molecule has 0 rings (SSSR count). The molecule has 0 spiro atoms. The van der Waals surface area contributed by atoms with Crippen LogP contribution in [0.5, 0.6) is 0 Å². The Morgan fingerprint density at radius 1 is 1.20 bits per heavy atom. The average Bonchev–Trinajstić information content (AvgIpc) is 0.918. The van der Waals surface area contributed by atoms with Crippen LogP contribution in [-0.4, -0.2) is 10.5 Å². The summed E-state index contributed by atoms with van der Waals surface area (Å²) in [6.45, 7) is 0. The topological polar surface area (TPSA) is 49.7 Å². The molecule has 0 bridgehead atoms. The van der Waals surface area contributed by atoms with Crippen LogP contribution in [0.1, 0.15) is 0 Å². The maximum atomic E-state index is 6.62. The Morgan fingerprint density at radius 3 is 1.20 bits per heavy atom. The molecule has 0 aromatic rings. The van der Waals surface area contributed by atoms with Crippen LogP contribution in [0.25, 0.3) is 0 Å². The monoisotopic (exact) mass is 170 g/mol. The molecule has 0 radical (unpaired) electrons. The molecule has 0 heterocycles. The standard InChI is InChI=1S/Fe.H2O3.Zn/c;1-3-2;/h;1-2H;. The van der Waals surface area contributed by atoms with E-state index in [4.69, 9.17) is 10.5 Å². The second kappa shape index (κ2) is 19.9. The van der Waals surface area contributed by atoms with Gasteiger partial charge in [-0.2, -0.15) is 0 Å². The minimum Gasteiger partial charge on any atom is -0.221 e. The van der Waals surface area contributed by atoms with E-state index in [2.05, 4.69) is 5.04 Å². The van der Waals surface area contributed by atoms with Gasteiger partial charge in [-0.05, 0) is 0 Å². The minimum absolute atomic E-state index is 0. The molecule has 0 aliphatic heterocycles. The number of rotatable bonds is 0. The van der Waals surface area contributed by atoms with Gasteiger partial charge in [0.25, 0.3) is 0 Å². The van der Waals surface area contributed by atoms with Crippen molar-refractivity contribution in [3.05, 3.63) is 0 Å². The van der Waals surface area contributed by atoms with Gasteiger partial charge in [0.2, 0.25) is 0 Å². The predicted molar refractivity (Wildman–Crippen MR) is 6.34 cm³/mol. The normalized spacial score (nSPS) is 3.60. The maximum Gasteiger partial charge on any atom is 0 e. The van der Waals surface area contributed by atoms with E-state index in [1.54, 1.807) is 0 Å². The van der Waals surface area contributed by atoms with Crippen molar-refractivity contribution in [2.24, 2.45) is 0 Å². The van der Waals surface area contributed by atoms with Gasteiger partial charge in [-0.1, -0.05) is 5.04 Å². The Balaban J connectivity index is -0.0000000200. The Hall–Kier alpha value is 1.02. The molecule has 0 aliphatic rings. The smallest absolute Gasteiger partial charge is 0 e. The number of hydrogen-bond acceptors (Lipinski definition) is 3. The SMILES string of the molecule is OOO.[Fe].[Zn]. The summed E-state index contributed by atoms with van der Waals surface area (Å²) < 4.78 is 0. The van der Waals surface area contributed by atoms with Gasteiger partial charge in [-0.3, -0.25) is 0 Å². The van der Waals surface area contributed by atoms with Crippen LogP contribution < -0.4 is 0 Å². The predicted octanol–water partition coefficient (Wildman–Crippen LogP) is -0.0560. The molecule has 0 aromatic heterocycles. The third-order valence-electron chi connectivity index (χ3n) is 0. The Bertz CT molecular complexity index is 6.85. The van der Waals surface area contributed by atoms with E-state index in [9.17, 15) is 0 Å². The summed E-state index contributed by atoms with van der Waals surface area (Å²) in [7, 11) is 0. The van der Waals surface area contributed by atoms with Gasteiger partial charge in [0, 0.05) is 36.5 Å². The first-order chi connectivity index (χ1) is 1.41. The van der Waals surface area contributed by atoms with Crippen molar-refractivity contribution in [1.82, 2.24) is 0 Å². The van der Waals surface area contributed by atoms with Crippen LogP contribution in [0.4, 0.5) is 0 Å². The first-order valence-electron chi connectivity index (χ1n) is 0.365. The quantitative estimate of drug-likeness (QED) is 0.305. The molecule has 0 fully saturated rings. The van der Waals surface area contributed by atoms with Gasteiger partial charge in [0.15, 0.2) is 0 Å². The Labute approximate surface area is 52.4 Å². The maximum absolute atomic E-state index is 6.62. The van der Waals surface area contributed by atoms with Gasteiger partial charge >= 0.3 is 0 Å². The molecular weight excluding hydrogens is 169 g/mol. The van der Waals surface area contributed by atoms with Crippen molar-refractivity contribution >= 4 is 0 Å². The van der Waals surface area contributed by atoms with Crippen LogP contribution in [0, 0.1) is 0 Å². The van der Waals surface area contributed by atoms with Crippen molar-refractivity contribution in [2.75, 3.05) is 0 Å². The summed E-state index contributed by atoms with van der Waals surface area (Å²) >= 11 is 0. The van der Waals surface area contributed by atoms with Gasteiger partial charge in [0.05, 0.1) is 0 Å². The van der Waals surface area contributed by atoms with Gasteiger partial charge in [-0.15, -0.1) is 0 Å². The number of hydrogen-bond donors (Lipinski definition) is 2. The van der Waals surface area contributed by atoms with Gasteiger partial charge < -0.3 is 0 Å². The summed E-state index contributed by atoms with van der Waals surface area (Å²) in [5, 5.41) is 15.5. The molecule has 0 saturated carbocycles. The van der Waals surface area contributed by atoms with Crippen LogP contribution in [0.3, 0.4) is 0 Å². The molecule has 5 heavy (non-hydrogen) atoms. The molecule has 3 nitrogen and oxygen atoms in total. The summed E-state index contributed by atoms with van der Waals surface area (Å²) in [5.74, 6) is 0. The van der Waals surface area contributed by atoms with E-state index in [0.717, 1.165) is 0 Å². The average molecular weight is 171 g/mol.